The molecule has 3 fully saturated rings. The van der Waals surface area contributed by atoms with Gasteiger partial charge in [0.15, 0.2) is 0 Å². The van der Waals surface area contributed by atoms with Crippen LogP contribution in [0.4, 0.5) is 0 Å². The largest absolute Gasteiger partial charge is 0.315 e. The maximum atomic E-state index is 5.30. The SMILES string of the molecule is CSOCC12CC(C1)C2. The molecule has 0 atom stereocenters. The lowest BCUT2D eigenvalue weighted by Crippen LogP contribution is -2.54. The highest BCUT2D eigenvalue weighted by molar-refractivity contribution is 7.93. The summed E-state index contributed by atoms with van der Waals surface area (Å²) < 4.78 is 5.30. The van der Waals surface area contributed by atoms with E-state index in [0.717, 1.165) is 12.5 Å². The lowest BCUT2D eigenvalue weighted by Gasteiger charge is -2.61. The third-order valence-corrected chi connectivity index (χ3v) is 3.00. The van der Waals surface area contributed by atoms with Crippen LogP contribution < -0.4 is 0 Å². The van der Waals surface area contributed by atoms with Crippen LogP contribution in [0.5, 0.6) is 0 Å². The highest BCUT2D eigenvalue weighted by Gasteiger charge is 2.56. The van der Waals surface area contributed by atoms with Crippen molar-refractivity contribution >= 4 is 12.0 Å². The predicted octanol–water partition coefficient (Wildman–Crippen LogP) is 2.08. The van der Waals surface area contributed by atoms with Crippen LogP contribution in [0, 0.1) is 11.3 Å². The molecule has 9 heavy (non-hydrogen) atoms. The van der Waals surface area contributed by atoms with Crippen molar-refractivity contribution in [2.75, 3.05) is 12.9 Å². The molecule has 52 valence electrons. The molecule has 3 saturated carbocycles. The Morgan fingerprint density at radius 1 is 1.56 bits per heavy atom. The van der Waals surface area contributed by atoms with Crippen LogP contribution in [-0.4, -0.2) is 12.9 Å². The van der Waals surface area contributed by atoms with Gasteiger partial charge in [0.2, 0.25) is 0 Å². The second-order valence-corrected chi connectivity index (χ2v) is 3.98. The van der Waals surface area contributed by atoms with E-state index in [1.807, 2.05) is 6.26 Å². The first-order valence-electron chi connectivity index (χ1n) is 3.50. The van der Waals surface area contributed by atoms with Crippen molar-refractivity contribution in [1.29, 1.82) is 0 Å². The van der Waals surface area contributed by atoms with E-state index in [1.54, 1.807) is 0 Å². The third-order valence-electron chi connectivity index (χ3n) is 2.65. The normalized spacial score (nSPS) is 45.7. The molecule has 0 aliphatic heterocycles. The topological polar surface area (TPSA) is 9.23 Å². The first kappa shape index (κ1) is 6.05. The minimum Gasteiger partial charge on any atom is -0.315 e. The van der Waals surface area contributed by atoms with Gasteiger partial charge in [-0.1, -0.05) is 0 Å². The average Bonchev–Trinajstić information content (AvgIpc) is 1.59. The number of hydrogen-bond acceptors (Lipinski definition) is 2. The predicted molar refractivity (Wildman–Crippen MR) is 39.2 cm³/mol. The molecule has 0 spiro atoms. The van der Waals surface area contributed by atoms with Crippen LogP contribution in [0.2, 0.25) is 0 Å². The Bertz CT molecular complexity index is 107. The molecule has 2 heteroatoms. The first-order chi connectivity index (χ1) is 4.35. The Morgan fingerprint density at radius 2 is 2.22 bits per heavy atom. The molecule has 0 aromatic carbocycles. The summed E-state index contributed by atoms with van der Waals surface area (Å²) in [5.74, 6) is 1.09. The van der Waals surface area contributed by atoms with Gasteiger partial charge in [0.25, 0.3) is 0 Å². The maximum absolute atomic E-state index is 5.30. The highest BCUT2D eigenvalue weighted by Crippen LogP contribution is 2.64. The van der Waals surface area contributed by atoms with Gasteiger partial charge in [-0.2, -0.15) is 0 Å². The zero-order valence-electron chi connectivity index (χ0n) is 5.72. The summed E-state index contributed by atoms with van der Waals surface area (Å²) in [5.41, 5.74) is 0.674. The van der Waals surface area contributed by atoms with Crippen LogP contribution in [0.15, 0.2) is 0 Å². The van der Waals surface area contributed by atoms with Crippen molar-refractivity contribution in [3.05, 3.63) is 0 Å². The van der Waals surface area contributed by atoms with Gasteiger partial charge in [-0.05, 0) is 42.6 Å². The van der Waals surface area contributed by atoms with E-state index in [1.165, 1.54) is 31.3 Å². The van der Waals surface area contributed by atoms with E-state index < -0.39 is 0 Å². The summed E-state index contributed by atoms with van der Waals surface area (Å²) in [6.45, 7) is 1.00. The molecule has 0 N–H and O–H groups in total. The van der Waals surface area contributed by atoms with Gasteiger partial charge >= 0.3 is 0 Å². The van der Waals surface area contributed by atoms with Gasteiger partial charge < -0.3 is 4.18 Å². The van der Waals surface area contributed by atoms with E-state index in [2.05, 4.69) is 0 Å². The van der Waals surface area contributed by atoms with Crippen molar-refractivity contribution in [2.45, 2.75) is 19.3 Å². The smallest absolute Gasteiger partial charge is 0.0670 e. The van der Waals surface area contributed by atoms with Gasteiger partial charge in [0.1, 0.15) is 0 Å². The summed E-state index contributed by atoms with van der Waals surface area (Å²) >= 11 is 1.50. The highest BCUT2D eigenvalue weighted by atomic mass is 32.2. The van der Waals surface area contributed by atoms with Gasteiger partial charge in [0.05, 0.1) is 6.61 Å². The van der Waals surface area contributed by atoms with E-state index in [4.69, 9.17) is 4.18 Å². The average molecular weight is 144 g/mol. The molecular weight excluding hydrogens is 132 g/mol. The quantitative estimate of drug-likeness (QED) is 0.561. The molecule has 1 nitrogen and oxygen atoms in total. The minimum absolute atomic E-state index is 0.674. The van der Waals surface area contributed by atoms with Crippen LogP contribution in [-0.2, 0) is 4.18 Å². The van der Waals surface area contributed by atoms with Crippen molar-refractivity contribution in [1.82, 2.24) is 0 Å². The van der Waals surface area contributed by atoms with Crippen LogP contribution >= 0.6 is 12.0 Å². The van der Waals surface area contributed by atoms with Crippen LogP contribution in [0.1, 0.15) is 19.3 Å². The Labute approximate surface area is 60.4 Å². The van der Waals surface area contributed by atoms with E-state index in [9.17, 15) is 0 Å². The zero-order chi connectivity index (χ0) is 6.32. The summed E-state index contributed by atoms with van der Waals surface area (Å²) in [5, 5.41) is 0. The van der Waals surface area contributed by atoms with Crippen molar-refractivity contribution in [3.63, 3.8) is 0 Å². The van der Waals surface area contributed by atoms with Gasteiger partial charge in [-0.15, -0.1) is 0 Å². The molecule has 3 aliphatic rings. The molecular formula is C7H12OS. The van der Waals surface area contributed by atoms with Crippen LogP contribution in [0.3, 0.4) is 0 Å². The van der Waals surface area contributed by atoms with E-state index >= 15 is 0 Å². The fraction of sp³-hybridized carbons (Fsp3) is 1.00. The molecule has 0 saturated heterocycles. The molecule has 0 aromatic rings. The Morgan fingerprint density at radius 3 is 2.56 bits per heavy atom. The number of rotatable bonds is 3. The molecule has 3 aliphatic carbocycles. The first-order valence-corrected chi connectivity index (χ1v) is 4.65. The van der Waals surface area contributed by atoms with Gasteiger partial charge in [0, 0.05) is 6.26 Å². The lowest BCUT2D eigenvalue weighted by molar-refractivity contribution is -0.128. The summed E-state index contributed by atoms with van der Waals surface area (Å²) in [6.07, 6.45) is 6.35. The molecule has 0 heterocycles. The zero-order valence-corrected chi connectivity index (χ0v) is 6.54. The monoisotopic (exact) mass is 144 g/mol. The lowest BCUT2D eigenvalue weighted by atomic mass is 9.45. The second kappa shape index (κ2) is 1.89. The Balaban J connectivity index is 1.73. The van der Waals surface area contributed by atoms with E-state index in [0.29, 0.717) is 5.41 Å². The van der Waals surface area contributed by atoms with Crippen LogP contribution in [0.25, 0.3) is 0 Å². The molecule has 0 amide bonds. The van der Waals surface area contributed by atoms with Gasteiger partial charge in [-0.25, -0.2) is 0 Å². The summed E-state index contributed by atoms with van der Waals surface area (Å²) in [6, 6.07) is 0. The molecule has 2 bridgehead atoms. The van der Waals surface area contributed by atoms with Crippen molar-refractivity contribution < 1.29 is 4.18 Å². The third kappa shape index (κ3) is 0.802. The van der Waals surface area contributed by atoms with E-state index in [-0.39, 0.29) is 0 Å². The fourth-order valence-corrected chi connectivity index (χ4v) is 2.39. The summed E-state index contributed by atoms with van der Waals surface area (Å²) in [4.78, 5) is 0. The standard InChI is InChI=1S/C7H12OS/c1-9-8-5-7-2-6(3-7)4-7/h6H,2-5H2,1H3. The molecule has 0 radical (unpaired) electrons. The summed E-state index contributed by atoms with van der Waals surface area (Å²) in [7, 11) is 0. The Kier molecular flexibility index (Phi) is 1.27. The fourth-order valence-electron chi connectivity index (χ4n) is 2.02. The minimum atomic E-state index is 0.674. The second-order valence-electron chi connectivity index (χ2n) is 3.41. The molecule has 3 rings (SSSR count). The maximum Gasteiger partial charge on any atom is 0.0670 e. The number of hydrogen-bond donors (Lipinski definition) is 0. The van der Waals surface area contributed by atoms with Crippen molar-refractivity contribution in [2.24, 2.45) is 11.3 Å². The van der Waals surface area contributed by atoms with Crippen molar-refractivity contribution in [3.8, 4) is 0 Å². The Hall–Kier alpha value is 0.310. The molecule has 0 unspecified atom stereocenters. The van der Waals surface area contributed by atoms with Gasteiger partial charge in [-0.3, -0.25) is 0 Å². The molecule has 0 aromatic heterocycles.